The molecule has 0 aliphatic carbocycles. The number of nitrogens with one attached hydrogen (secondary N) is 1. The predicted octanol–water partition coefficient (Wildman–Crippen LogP) is 1.28. The van der Waals surface area contributed by atoms with Crippen LogP contribution in [0, 0.1) is 12.3 Å². The summed E-state index contributed by atoms with van der Waals surface area (Å²) in [6.07, 6.45) is 5.39. The maximum atomic E-state index is 8.70. The number of benzene rings is 1. The van der Waals surface area contributed by atoms with Crippen molar-refractivity contribution in [3.63, 3.8) is 0 Å². The molecule has 1 aromatic rings. The fourth-order valence-corrected chi connectivity index (χ4v) is 1.35. The number of hydrogen-bond donors (Lipinski definition) is 3. The van der Waals surface area contributed by atoms with Crippen molar-refractivity contribution < 1.29 is 5.21 Å². The van der Waals surface area contributed by atoms with E-state index in [1.165, 1.54) is 0 Å². The number of nitrogens with zero attached hydrogens (tertiary/aromatic N) is 1. The molecule has 0 spiro atoms. The molecule has 0 bridgehead atoms. The van der Waals surface area contributed by atoms with E-state index in [1.54, 1.807) is 6.07 Å². The van der Waals surface area contributed by atoms with E-state index in [0.29, 0.717) is 12.1 Å². The molecule has 4 N–H and O–H groups in total. The Balaban J connectivity index is 2.89. The second-order valence-electron chi connectivity index (χ2n) is 4.27. The molecule has 1 rings (SSSR count). The fourth-order valence-electron chi connectivity index (χ4n) is 1.35. The van der Waals surface area contributed by atoms with Crippen molar-refractivity contribution in [2.45, 2.75) is 25.9 Å². The molecular weight excluding hydrogens is 214 g/mol. The summed E-state index contributed by atoms with van der Waals surface area (Å²) in [7, 11) is 0. The second-order valence-corrected chi connectivity index (χ2v) is 4.27. The summed E-state index contributed by atoms with van der Waals surface area (Å²) in [5.74, 6) is 2.75. The summed E-state index contributed by atoms with van der Waals surface area (Å²) in [5, 5.41) is 14.9. The summed E-state index contributed by atoms with van der Waals surface area (Å²) in [5.41, 5.74) is 6.85. The minimum atomic E-state index is -0.391. The topological polar surface area (TPSA) is 70.6 Å². The fraction of sp³-hybridized carbons (Fsp3) is 0.308. The standard InChI is InChI=1S/C13H17N3O/c1-4-13(2,3)15-9-10-7-5-6-8-11(10)12(14)16-17/h1,5-8,15,17H,9H2,2-3H3,(H2,14,16). The molecule has 0 aliphatic heterocycles. The van der Waals surface area contributed by atoms with Gasteiger partial charge in [0.05, 0.1) is 5.54 Å². The Morgan fingerprint density at radius 3 is 2.76 bits per heavy atom. The minimum Gasteiger partial charge on any atom is -0.409 e. The first-order chi connectivity index (χ1) is 8.00. The molecule has 1 aromatic carbocycles. The van der Waals surface area contributed by atoms with Crippen LogP contribution < -0.4 is 11.1 Å². The lowest BCUT2D eigenvalue weighted by Gasteiger charge is -2.20. The molecule has 0 fully saturated rings. The van der Waals surface area contributed by atoms with Gasteiger partial charge in [-0.2, -0.15) is 0 Å². The molecule has 0 unspecified atom stereocenters. The van der Waals surface area contributed by atoms with Crippen LogP contribution in [0.25, 0.3) is 0 Å². The Kier molecular flexibility index (Phi) is 4.13. The molecule has 90 valence electrons. The van der Waals surface area contributed by atoms with Crippen LogP contribution >= 0.6 is 0 Å². The monoisotopic (exact) mass is 231 g/mol. The SMILES string of the molecule is C#CC(C)(C)NCc1ccccc1C(N)=NO. The zero-order valence-corrected chi connectivity index (χ0v) is 10.1. The highest BCUT2D eigenvalue weighted by atomic mass is 16.4. The first kappa shape index (κ1) is 13.1. The van der Waals surface area contributed by atoms with Gasteiger partial charge in [0.15, 0.2) is 5.84 Å². The van der Waals surface area contributed by atoms with Gasteiger partial charge in [0.2, 0.25) is 0 Å². The highest BCUT2D eigenvalue weighted by Gasteiger charge is 2.14. The van der Waals surface area contributed by atoms with E-state index < -0.39 is 5.54 Å². The molecule has 0 heterocycles. The molecular formula is C13H17N3O. The average molecular weight is 231 g/mol. The van der Waals surface area contributed by atoms with Gasteiger partial charge in [-0.1, -0.05) is 35.3 Å². The summed E-state index contributed by atoms with van der Waals surface area (Å²) >= 11 is 0. The highest BCUT2D eigenvalue weighted by Crippen LogP contribution is 2.10. The summed E-state index contributed by atoms with van der Waals surface area (Å²) in [4.78, 5) is 0. The zero-order valence-electron chi connectivity index (χ0n) is 10.1. The van der Waals surface area contributed by atoms with Crippen LogP contribution in [0.1, 0.15) is 25.0 Å². The molecule has 0 aromatic heterocycles. The van der Waals surface area contributed by atoms with Crippen molar-refractivity contribution >= 4 is 5.84 Å². The van der Waals surface area contributed by atoms with E-state index in [9.17, 15) is 0 Å². The molecule has 0 saturated heterocycles. The zero-order chi connectivity index (χ0) is 12.9. The highest BCUT2D eigenvalue weighted by molar-refractivity contribution is 5.98. The molecule has 0 saturated carbocycles. The molecule has 17 heavy (non-hydrogen) atoms. The Bertz CT molecular complexity index is 458. The van der Waals surface area contributed by atoms with Crippen molar-refractivity contribution in [2.75, 3.05) is 0 Å². The first-order valence-electron chi connectivity index (χ1n) is 5.29. The Morgan fingerprint density at radius 2 is 2.18 bits per heavy atom. The number of terminal acetylenes is 1. The lowest BCUT2D eigenvalue weighted by molar-refractivity contribution is 0.318. The van der Waals surface area contributed by atoms with Gasteiger partial charge in [0.1, 0.15) is 0 Å². The smallest absolute Gasteiger partial charge is 0.170 e. The van der Waals surface area contributed by atoms with E-state index in [4.69, 9.17) is 17.4 Å². The second kappa shape index (κ2) is 5.37. The third-order valence-corrected chi connectivity index (χ3v) is 2.48. The van der Waals surface area contributed by atoms with Crippen molar-refractivity contribution in [2.24, 2.45) is 10.9 Å². The predicted molar refractivity (Wildman–Crippen MR) is 68.7 cm³/mol. The van der Waals surface area contributed by atoms with Crippen LogP contribution in [0.15, 0.2) is 29.4 Å². The Hall–Kier alpha value is -1.99. The van der Waals surface area contributed by atoms with Crippen LogP contribution in [-0.4, -0.2) is 16.6 Å². The van der Waals surface area contributed by atoms with Gasteiger partial charge in [0, 0.05) is 12.1 Å². The minimum absolute atomic E-state index is 0.0981. The van der Waals surface area contributed by atoms with Crippen molar-refractivity contribution in [3.8, 4) is 12.3 Å². The third-order valence-electron chi connectivity index (χ3n) is 2.48. The number of hydrogen-bond acceptors (Lipinski definition) is 3. The van der Waals surface area contributed by atoms with Crippen LogP contribution in [0.3, 0.4) is 0 Å². The van der Waals surface area contributed by atoms with Gasteiger partial charge >= 0.3 is 0 Å². The Morgan fingerprint density at radius 1 is 1.53 bits per heavy atom. The van der Waals surface area contributed by atoms with Crippen molar-refractivity contribution in [3.05, 3.63) is 35.4 Å². The normalized spacial score (nSPS) is 12.2. The molecule has 0 radical (unpaired) electrons. The summed E-state index contributed by atoms with van der Waals surface area (Å²) < 4.78 is 0. The lowest BCUT2D eigenvalue weighted by atomic mass is 10.0. The summed E-state index contributed by atoms with van der Waals surface area (Å²) in [6, 6.07) is 7.44. The maximum Gasteiger partial charge on any atom is 0.170 e. The third kappa shape index (κ3) is 3.51. The molecule has 0 atom stereocenters. The van der Waals surface area contributed by atoms with E-state index in [2.05, 4.69) is 16.4 Å². The molecule has 4 heteroatoms. The van der Waals surface area contributed by atoms with Gasteiger partial charge < -0.3 is 10.9 Å². The van der Waals surface area contributed by atoms with Crippen molar-refractivity contribution in [1.29, 1.82) is 0 Å². The number of rotatable bonds is 4. The number of nitrogens with two attached hydrogens (primary N) is 1. The van der Waals surface area contributed by atoms with E-state index in [1.807, 2.05) is 32.0 Å². The number of amidine groups is 1. The Labute approximate surface area is 102 Å². The van der Waals surface area contributed by atoms with Crippen LogP contribution in [0.5, 0.6) is 0 Å². The van der Waals surface area contributed by atoms with Gasteiger partial charge in [0.25, 0.3) is 0 Å². The van der Waals surface area contributed by atoms with Crippen LogP contribution in [0.4, 0.5) is 0 Å². The van der Waals surface area contributed by atoms with Crippen LogP contribution in [0.2, 0.25) is 0 Å². The molecule has 0 amide bonds. The summed E-state index contributed by atoms with van der Waals surface area (Å²) in [6.45, 7) is 4.39. The van der Waals surface area contributed by atoms with E-state index >= 15 is 0 Å². The van der Waals surface area contributed by atoms with Gasteiger partial charge in [-0.05, 0) is 19.4 Å². The quantitative estimate of drug-likeness (QED) is 0.240. The molecule has 4 nitrogen and oxygen atoms in total. The van der Waals surface area contributed by atoms with Crippen molar-refractivity contribution in [1.82, 2.24) is 5.32 Å². The van der Waals surface area contributed by atoms with Gasteiger partial charge in [-0.25, -0.2) is 0 Å². The average Bonchev–Trinajstić information content (AvgIpc) is 2.36. The van der Waals surface area contributed by atoms with Crippen LogP contribution in [-0.2, 0) is 6.54 Å². The van der Waals surface area contributed by atoms with E-state index in [-0.39, 0.29) is 5.84 Å². The lowest BCUT2D eigenvalue weighted by Crippen LogP contribution is -2.37. The van der Waals surface area contributed by atoms with Gasteiger partial charge in [-0.15, -0.1) is 6.42 Å². The number of oxime groups is 1. The maximum absolute atomic E-state index is 8.70. The van der Waals surface area contributed by atoms with Gasteiger partial charge in [-0.3, -0.25) is 5.32 Å². The molecule has 0 aliphatic rings. The van der Waals surface area contributed by atoms with E-state index in [0.717, 1.165) is 5.56 Å². The first-order valence-corrected chi connectivity index (χ1v) is 5.29. The largest absolute Gasteiger partial charge is 0.409 e.